The van der Waals surface area contributed by atoms with E-state index in [0.717, 1.165) is 11.0 Å². The number of fused-ring (bicyclic) bond motifs is 1. The molecule has 0 aliphatic carbocycles. The van der Waals surface area contributed by atoms with Crippen LogP contribution in [0.25, 0.3) is 11.0 Å². The van der Waals surface area contributed by atoms with Crippen LogP contribution >= 0.6 is 0 Å². The van der Waals surface area contributed by atoms with Crippen molar-refractivity contribution < 1.29 is 14.3 Å². The first-order valence-corrected chi connectivity index (χ1v) is 7.56. The predicted molar refractivity (Wildman–Crippen MR) is 80.6 cm³/mol. The molecule has 2 aromatic rings. The van der Waals surface area contributed by atoms with Gasteiger partial charge in [-0.3, -0.25) is 4.79 Å². The Labute approximate surface area is 132 Å². The van der Waals surface area contributed by atoms with Crippen molar-refractivity contribution >= 4 is 23.0 Å². The molecule has 8 nitrogen and oxygen atoms in total. The number of ether oxygens (including phenoxy) is 1. The second-order valence-electron chi connectivity index (χ2n) is 6.19. The third-order valence-electron chi connectivity index (χ3n) is 4.41. The van der Waals surface area contributed by atoms with E-state index in [9.17, 15) is 9.59 Å². The van der Waals surface area contributed by atoms with Crippen molar-refractivity contribution in [1.29, 1.82) is 0 Å². The molecule has 2 amide bonds. The number of likely N-dealkylation sites (tertiary alicyclic amines) is 1. The molecule has 120 valence electrons. The van der Waals surface area contributed by atoms with Gasteiger partial charge in [-0.1, -0.05) is 12.1 Å². The monoisotopic (exact) mass is 315 g/mol. The molecule has 0 N–H and O–H groups in total. The van der Waals surface area contributed by atoms with E-state index in [4.69, 9.17) is 4.74 Å². The Balaban J connectivity index is 1.45. The van der Waals surface area contributed by atoms with Crippen molar-refractivity contribution in [3.8, 4) is 0 Å². The van der Waals surface area contributed by atoms with Crippen LogP contribution in [-0.4, -0.2) is 69.1 Å². The Bertz CT molecular complexity index is 755. The van der Waals surface area contributed by atoms with E-state index in [1.165, 1.54) is 4.80 Å². The highest BCUT2D eigenvalue weighted by molar-refractivity contribution is 5.78. The van der Waals surface area contributed by atoms with Crippen LogP contribution in [0, 0.1) is 0 Å². The number of hydrogen-bond donors (Lipinski definition) is 0. The zero-order valence-electron chi connectivity index (χ0n) is 12.8. The topological polar surface area (TPSA) is 80.6 Å². The fourth-order valence-electron chi connectivity index (χ4n) is 3.26. The molecule has 0 radical (unpaired) electrons. The third-order valence-corrected chi connectivity index (χ3v) is 4.41. The van der Waals surface area contributed by atoms with Crippen LogP contribution in [0.3, 0.4) is 0 Å². The van der Waals surface area contributed by atoms with Crippen LogP contribution in [0.15, 0.2) is 24.3 Å². The number of likely N-dealkylation sites (N-methyl/N-ethyl adjacent to an activating group) is 1. The maximum atomic E-state index is 12.5. The maximum absolute atomic E-state index is 12.5. The number of carbonyl (C=O) groups is 2. The highest BCUT2D eigenvalue weighted by atomic mass is 16.6. The lowest BCUT2D eigenvalue weighted by molar-refractivity contribution is -0.132. The molecular weight excluding hydrogens is 298 g/mol. The Kier molecular flexibility index (Phi) is 3.00. The van der Waals surface area contributed by atoms with E-state index in [-0.39, 0.29) is 18.5 Å². The molecule has 4 rings (SSSR count). The van der Waals surface area contributed by atoms with Crippen molar-refractivity contribution in [2.75, 3.05) is 26.7 Å². The molecule has 1 aromatic heterocycles. The molecule has 2 aliphatic rings. The number of aromatic nitrogens is 3. The van der Waals surface area contributed by atoms with Crippen LogP contribution in [0.1, 0.15) is 6.42 Å². The minimum atomic E-state index is -0.552. The van der Waals surface area contributed by atoms with Crippen LogP contribution in [0.4, 0.5) is 4.79 Å². The molecule has 2 saturated heterocycles. The van der Waals surface area contributed by atoms with Gasteiger partial charge in [-0.25, -0.2) is 4.79 Å². The molecule has 0 saturated carbocycles. The summed E-state index contributed by atoms with van der Waals surface area (Å²) in [7, 11) is 1.71. The van der Waals surface area contributed by atoms with Crippen molar-refractivity contribution in [3.63, 3.8) is 0 Å². The third kappa shape index (κ3) is 2.39. The maximum Gasteiger partial charge on any atom is 0.410 e. The summed E-state index contributed by atoms with van der Waals surface area (Å²) >= 11 is 0. The Morgan fingerprint density at radius 1 is 1.26 bits per heavy atom. The average Bonchev–Trinajstić information content (AvgIpc) is 3.17. The second-order valence-corrected chi connectivity index (χ2v) is 6.19. The Hall–Kier alpha value is -2.64. The fourth-order valence-corrected chi connectivity index (χ4v) is 3.26. The lowest BCUT2D eigenvalue weighted by Crippen LogP contribution is -2.40. The summed E-state index contributed by atoms with van der Waals surface area (Å²) in [4.78, 5) is 28.7. The SMILES string of the molecule is CN1C[C@]2(CCN(C(=O)Cn3nc4ccccc4n3)C2)OC1=O. The molecule has 3 heterocycles. The van der Waals surface area contributed by atoms with Crippen LogP contribution in [-0.2, 0) is 16.1 Å². The molecule has 2 fully saturated rings. The van der Waals surface area contributed by atoms with Gasteiger partial charge in [-0.05, 0) is 12.1 Å². The molecular formula is C15H17N5O3. The number of amides is 2. The van der Waals surface area contributed by atoms with Crippen LogP contribution < -0.4 is 0 Å². The molecule has 1 aromatic carbocycles. The smallest absolute Gasteiger partial charge is 0.410 e. The summed E-state index contributed by atoms with van der Waals surface area (Å²) in [6.45, 7) is 1.64. The van der Waals surface area contributed by atoms with Gasteiger partial charge >= 0.3 is 6.09 Å². The van der Waals surface area contributed by atoms with Gasteiger partial charge in [-0.15, -0.1) is 0 Å². The lowest BCUT2D eigenvalue weighted by atomic mass is 10.0. The zero-order chi connectivity index (χ0) is 16.0. The minimum Gasteiger partial charge on any atom is -0.439 e. The summed E-state index contributed by atoms with van der Waals surface area (Å²) < 4.78 is 5.46. The van der Waals surface area contributed by atoms with Crippen molar-refractivity contribution in [3.05, 3.63) is 24.3 Å². The highest BCUT2D eigenvalue weighted by Gasteiger charge is 2.49. The van der Waals surface area contributed by atoms with Crippen molar-refractivity contribution in [2.45, 2.75) is 18.6 Å². The van der Waals surface area contributed by atoms with Gasteiger partial charge in [-0.2, -0.15) is 15.0 Å². The summed E-state index contributed by atoms with van der Waals surface area (Å²) in [5.41, 5.74) is 0.984. The molecule has 8 heteroatoms. The number of benzene rings is 1. The summed E-state index contributed by atoms with van der Waals surface area (Å²) in [5, 5.41) is 8.60. The van der Waals surface area contributed by atoms with E-state index in [1.807, 2.05) is 24.3 Å². The van der Waals surface area contributed by atoms with Gasteiger partial charge in [0.2, 0.25) is 5.91 Å². The quantitative estimate of drug-likeness (QED) is 0.805. The van der Waals surface area contributed by atoms with E-state index < -0.39 is 5.60 Å². The predicted octanol–water partition coefficient (Wildman–Crippen LogP) is 0.484. The fraction of sp³-hybridized carbons (Fsp3) is 0.467. The van der Waals surface area contributed by atoms with E-state index in [2.05, 4.69) is 10.2 Å². The number of rotatable bonds is 2. The average molecular weight is 315 g/mol. The largest absolute Gasteiger partial charge is 0.439 e. The first kappa shape index (κ1) is 14.0. The number of hydrogen-bond acceptors (Lipinski definition) is 5. The van der Waals surface area contributed by atoms with Gasteiger partial charge in [0, 0.05) is 20.0 Å². The molecule has 23 heavy (non-hydrogen) atoms. The van der Waals surface area contributed by atoms with Crippen LogP contribution in [0.5, 0.6) is 0 Å². The molecule has 0 unspecified atom stereocenters. The summed E-state index contributed by atoms with van der Waals surface area (Å²) in [6.07, 6.45) is 0.350. The van der Waals surface area contributed by atoms with Gasteiger partial charge in [0.1, 0.15) is 17.6 Å². The number of carbonyl (C=O) groups excluding carboxylic acids is 2. The van der Waals surface area contributed by atoms with Gasteiger partial charge in [0.15, 0.2) is 5.60 Å². The molecule has 1 atom stereocenters. The minimum absolute atomic E-state index is 0.0622. The first-order valence-electron chi connectivity index (χ1n) is 7.56. The van der Waals surface area contributed by atoms with Crippen molar-refractivity contribution in [2.24, 2.45) is 0 Å². The molecule has 2 aliphatic heterocycles. The van der Waals surface area contributed by atoms with Crippen LogP contribution in [0.2, 0.25) is 0 Å². The van der Waals surface area contributed by atoms with Gasteiger partial charge in [0.25, 0.3) is 0 Å². The van der Waals surface area contributed by atoms with Gasteiger partial charge < -0.3 is 14.5 Å². The lowest BCUT2D eigenvalue weighted by Gasteiger charge is -2.21. The number of nitrogens with zero attached hydrogens (tertiary/aromatic N) is 5. The Morgan fingerprint density at radius 3 is 2.57 bits per heavy atom. The van der Waals surface area contributed by atoms with Crippen molar-refractivity contribution in [1.82, 2.24) is 24.8 Å². The highest BCUT2D eigenvalue weighted by Crippen LogP contribution is 2.31. The second kappa shape index (κ2) is 4.94. The zero-order valence-corrected chi connectivity index (χ0v) is 12.8. The molecule has 0 bridgehead atoms. The molecule has 1 spiro atoms. The van der Waals surface area contributed by atoms with E-state index in [0.29, 0.717) is 26.1 Å². The van der Waals surface area contributed by atoms with E-state index >= 15 is 0 Å². The Morgan fingerprint density at radius 2 is 1.96 bits per heavy atom. The van der Waals surface area contributed by atoms with Gasteiger partial charge in [0.05, 0.1) is 13.1 Å². The standard InChI is InChI=1S/C15H17N5O3/c1-18-9-15(23-14(18)22)6-7-19(10-15)13(21)8-20-16-11-4-2-3-5-12(11)17-20/h2-5H,6-10H2,1H3/t15-/m0/s1. The van der Waals surface area contributed by atoms with E-state index in [1.54, 1.807) is 16.8 Å². The summed E-state index contributed by atoms with van der Waals surface area (Å²) in [5.74, 6) is -0.0622. The normalized spacial score (nSPS) is 24.0. The summed E-state index contributed by atoms with van der Waals surface area (Å²) in [6, 6.07) is 7.50. The first-order chi connectivity index (χ1) is 11.0.